The van der Waals surface area contributed by atoms with Gasteiger partial charge in [0.1, 0.15) is 0 Å². The van der Waals surface area contributed by atoms with Crippen LogP contribution in [0.2, 0.25) is 0 Å². The molecule has 1 heterocycles. The van der Waals surface area contributed by atoms with Gasteiger partial charge in [0.05, 0.1) is 6.54 Å². The highest BCUT2D eigenvalue weighted by atomic mass is 16.5. The van der Waals surface area contributed by atoms with Crippen LogP contribution < -0.4 is 5.32 Å². The molecule has 0 saturated heterocycles. The molecule has 0 aliphatic carbocycles. The zero-order valence-electron chi connectivity index (χ0n) is 15.8. The van der Waals surface area contributed by atoms with Crippen molar-refractivity contribution in [1.29, 1.82) is 0 Å². The average Bonchev–Trinajstić information content (AvgIpc) is 3.06. The van der Waals surface area contributed by atoms with Crippen LogP contribution in [0.15, 0.2) is 22.7 Å². The van der Waals surface area contributed by atoms with Gasteiger partial charge in [-0.25, -0.2) is 0 Å². The Hall–Kier alpha value is -2.70. The molecule has 0 bridgehead atoms. The number of benzene rings is 1. The molecule has 1 N–H and O–H groups in total. The third-order valence-electron chi connectivity index (χ3n) is 4.29. The van der Waals surface area contributed by atoms with E-state index in [1.54, 1.807) is 7.05 Å². The van der Waals surface area contributed by atoms with E-state index < -0.39 is 0 Å². The summed E-state index contributed by atoms with van der Waals surface area (Å²) in [5.74, 6) is 0.923. The van der Waals surface area contributed by atoms with Crippen LogP contribution in [0.5, 0.6) is 0 Å². The van der Waals surface area contributed by atoms with Crippen molar-refractivity contribution < 1.29 is 14.1 Å². The number of aryl methyl sites for hydroxylation is 3. The highest BCUT2D eigenvalue weighted by molar-refractivity contribution is 5.95. The lowest BCUT2D eigenvalue weighted by Gasteiger charge is -2.17. The number of hydrogen-bond donors (Lipinski definition) is 1. The van der Waals surface area contributed by atoms with E-state index in [4.69, 9.17) is 4.52 Å². The van der Waals surface area contributed by atoms with Crippen molar-refractivity contribution in [2.24, 2.45) is 0 Å². The fraction of sp³-hybridized carbons (Fsp3) is 0.474. The molecule has 7 heteroatoms. The van der Waals surface area contributed by atoms with Gasteiger partial charge in [-0.1, -0.05) is 24.2 Å². The van der Waals surface area contributed by atoms with Crippen LogP contribution in [0.3, 0.4) is 0 Å². The maximum atomic E-state index is 12.2. The first-order chi connectivity index (χ1) is 12.4. The van der Waals surface area contributed by atoms with Crippen molar-refractivity contribution >= 4 is 17.5 Å². The van der Waals surface area contributed by atoms with E-state index in [-0.39, 0.29) is 18.4 Å². The maximum absolute atomic E-state index is 12.2. The first-order valence-electron chi connectivity index (χ1n) is 8.82. The van der Waals surface area contributed by atoms with Gasteiger partial charge >= 0.3 is 0 Å². The molecular formula is C19H26N4O3. The smallest absolute Gasteiger partial charge is 0.243 e. The first-order valence-corrected chi connectivity index (χ1v) is 8.82. The average molecular weight is 358 g/mol. The number of nitrogens with one attached hydrogen (secondary N) is 1. The number of nitrogens with zero attached hydrogens (tertiary/aromatic N) is 3. The Morgan fingerprint density at radius 3 is 2.73 bits per heavy atom. The Morgan fingerprint density at radius 1 is 1.27 bits per heavy atom. The Labute approximate surface area is 153 Å². The van der Waals surface area contributed by atoms with Crippen LogP contribution in [0.1, 0.15) is 42.6 Å². The number of likely N-dealkylation sites (N-methyl/N-ethyl adjacent to an activating group) is 1. The monoisotopic (exact) mass is 358 g/mol. The fourth-order valence-corrected chi connectivity index (χ4v) is 2.50. The van der Waals surface area contributed by atoms with Crippen LogP contribution in [0.25, 0.3) is 0 Å². The van der Waals surface area contributed by atoms with E-state index in [1.165, 1.54) is 4.90 Å². The summed E-state index contributed by atoms with van der Waals surface area (Å²) < 4.78 is 5.10. The summed E-state index contributed by atoms with van der Waals surface area (Å²) in [7, 11) is 1.63. The van der Waals surface area contributed by atoms with Crippen molar-refractivity contribution in [2.45, 2.75) is 46.5 Å². The molecule has 0 radical (unpaired) electrons. The summed E-state index contributed by atoms with van der Waals surface area (Å²) in [5, 5.41) is 6.69. The molecule has 0 fully saturated rings. The van der Waals surface area contributed by atoms with E-state index >= 15 is 0 Å². The summed E-state index contributed by atoms with van der Waals surface area (Å²) in [6.45, 7) is 5.93. The Kier molecular flexibility index (Phi) is 6.89. The molecule has 0 spiro atoms. The molecule has 1 aromatic heterocycles. The zero-order chi connectivity index (χ0) is 19.1. The predicted octanol–water partition coefficient (Wildman–Crippen LogP) is 2.67. The second-order valence-corrected chi connectivity index (χ2v) is 6.36. The Balaban J connectivity index is 1.76. The molecule has 0 atom stereocenters. The number of carbonyl (C=O) groups is 2. The minimum Gasteiger partial charge on any atom is -0.339 e. The van der Waals surface area contributed by atoms with Crippen molar-refractivity contribution in [1.82, 2.24) is 15.0 Å². The molecule has 0 aliphatic rings. The van der Waals surface area contributed by atoms with Crippen molar-refractivity contribution in [3.63, 3.8) is 0 Å². The number of carbonyl (C=O) groups excluding carboxylic acids is 2. The number of rotatable bonds is 8. The van der Waals surface area contributed by atoms with Gasteiger partial charge in [0, 0.05) is 32.0 Å². The molecule has 0 aliphatic heterocycles. The van der Waals surface area contributed by atoms with Crippen LogP contribution in [0.4, 0.5) is 5.69 Å². The predicted molar refractivity (Wildman–Crippen MR) is 98.8 cm³/mol. The van der Waals surface area contributed by atoms with Gasteiger partial charge in [-0.05, 0) is 37.5 Å². The molecule has 2 aromatic rings. The van der Waals surface area contributed by atoms with Gasteiger partial charge < -0.3 is 14.7 Å². The largest absolute Gasteiger partial charge is 0.339 e. The number of aromatic nitrogens is 2. The van der Waals surface area contributed by atoms with E-state index in [2.05, 4.69) is 15.5 Å². The van der Waals surface area contributed by atoms with Crippen LogP contribution >= 0.6 is 0 Å². The topological polar surface area (TPSA) is 88.3 Å². The lowest BCUT2D eigenvalue weighted by Crippen LogP contribution is -2.35. The van der Waals surface area contributed by atoms with Gasteiger partial charge in [0.2, 0.25) is 17.7 Å². The third-order valence-corrected chi connectivity index (χ3v) is 4.29. The lowest BCUT2D eigenvalue weighted by atomic mass is 10.1. The van der Waals surface area contributed by atoms with E-state index in [1.807, 2.05) is 39.0 Å². The second kappa shape index (κ2) is 9.12. The standard InChI is InChI=1S/C19H26N4O3/c1-5-16-21-18(26-22-16)10-7-11-19(25)23(4)12-17(24)20-15-9-6-8-13(2)14(15)3/h6,8-9H,5,7,10-12H2,1-4H3,(H,20,24). The zero-order valence-corrected chi connectivity index (χ0v) is 15.8. The van der Waals surface area contributed by atoms with Crippen LogP contribution in [-0.2, 0) is 22.4 Å². The molecule has 0 saturated carbocycles. The van der Waals surface area contributed by atoms with Gasteiger partial charge in [0.15, 0.2) is 5.82 Å². The number of hydrogen-bond acceptors (Lipinski definition) is 5. The molecule has 140 valence electrons. The van der Waals surface area contributed by atoms with Crippen molar-refractivity contribution in [3.05, 3.63) is 41.0 Å². The molecule has 0 unspecified atom stereocenters. The molecule has 26 heavy (non-hydrogen) atoms. The molecular weight excluding hydrogens is 332 g/mol. The molecule has 2 rings (SSSR count). The van der Waals surface area contributed by atoms with Crippen LogP contribution in [-0.4, -0.2) is 40.4 Å². The second-order valence-electron chi connectivity index (χ2n) is 6.36. The third kappa shape index (κ3) is 5.40. The van der Waals surface area contributed by atoms with Gasteiger partial charge in [-0.3, -0.25) is 9.59 Å². The molecule has 7 nitrogen and oxygen atoms in total. The highest BCUT2D eigenvalue weighted by Gasteiger charge is 2.14. The Bertz CT molecular complexity index is 770. The molecule has 1 aromatic carbocycles. The van der Waals surface area contributed by atoms with Crippen molar-refractivity contribution in [2.75, 3.05) is 18.9 Å². The highest BCUT2D eigenvalue weighted by Crippen LogP contribution is 2.17. The van der Waals surface area contributed by atoms with Crippen LogP contribution in [0, 0.1) is 13.8 Å². The summed E-state index contributed by atoms with van der Waals surface area (Å²) >= 11 is 0. The van der Waals surface area contributed by atoms with Crippen molar-refractivity contribution in [3.8, 4) is 0 Å². The first kappa shape index (κ1) is 19.6. The minimum atomic E-state index is -0.209. The summed E-state index contributed by atoms with van der Waals surface area (Å²) in [6, 6.07) is 5.75. The lowest BCUT2D eigenvalue weighted by molar-refractivity contribution is -0.133. The minimum absolute atomic E-state index is 0.0206. The number of amides is 2. The normalized spacial score (nSPS) is 10.6. The molecule has 2 amide bonds. The van der Waals surface area contributed by atoms with E-state index in [9.17, 15) is 9.59 Å². The van der Waals surface area contributed by atoms with Gasteiger partial charge in [0.25, 0.3) is 0 Å². The van der Waals surface area contributed by atoms with Gasteiger partial charge in [-0.15, -0.1) is 0 Å². The fourth-order valence-electron chi connectivity index (χ4n) is 2.50. The summed E-state index contributed by atoms with van der Waals surface area (Å²) in [6.07, 6.45) is 2.21. The summed E-state index contributed by atoms with van der Waals surface area (Å²) in [4.78, 5) is 30.0. The SMILES string of the molecule is CCc1noc(CCCC(=O)N(C)CC(=O)Nc2cccc(C)c2C)n1. The Morgan fingerprint density at radius 2 is 2.04 bits per heavy atom. The van der Waals surface area contributed by atoms with E-state index in [0.29, 0.717) is 31.0 Å². The number of anilines is 1. The summed E-state index contributed by atoms with van der Waals surface area (Å²) in [5.41, 5.74) is 2.92. The maximum Gasteiger partial charge on any atom is 0.243 e. The van der Waals surface area contributed by atoms with Gasteiger partial charge in [-0.2, -0.15) is 4.98 Å². The van der Waals surface area contributed by atoms with E-state index in [0.717, 1.165) is 23.2 Å². The quantitative estimate of drug-likeness (QED) is 0.784.